The molecule has 2 aliphatic carbocycles. The van der Waals surface area contributed by atoms with Crippen molar-refractivity contribution in [3.63, 3.8) is 0 Å². The lowest BCUT2D eigenvalue weighted by atomic mass is 9.79. The molecule has 0 bridgehead atoms. The SMILES string of the molecule is CC(C)(C)c1ccc2c(c1)C(=O)c1ccccc1C2=O.O=C1c2ccccc2C(=O)c2ccccc21. The summed E-state index contributed by atoms with van der Waals surface area (Å²) in [7, 11) is 0. The molecule has 0 saturated heterocycles. The van der Waals surface area contributed by atoms with Gasteiger partial charge in [-0.05, 0) is 23.1 Å². The Hall–Kier alpha value is -4.44. The Kier molecular flexibility index (Phi) is 5.60. The highest BCUT2D eigenvalue weighted by atomic mass is 16.1. The minimum absolute atomic E-state index is 0.0463. The Morgan fingerprint density at radius 2 is 0.667 bits per heavy atom. The predicted octanol–water partition coefficient (Wildman–Crippen LogP) is 6.22. The van der Waals surface area contributed by atoms with Gasteiger partial charge in [0.2, 0.25) is 0 Å². The fourth-order valence-electron chi connectivity index (χ4n) is 4.61. The quantitative estimate of drug-likeness (QED) is 0.263. The van der Waals surface area contributed by atoms with Crippen molar-refractivity contribution < 1.29 is 19.2 Å². The summed E-state index contributed by atoms with van der Waals surface area (Å²) in [5.74, 6) is -0.242. The molecule has 176 valence electrons. The average molecular weight is 473 g/mol. The molecule has 0 N–H and O–H groups in total. The number of fused-ring (bicyclic) bond motifs is 4. The van der Waals surface area contributed by atoms with Crippen LogP contribution in [0, 0.1) is 0 Å². The second-order valence-electron chi connectivity index (χ2n) is 9.96. The van der Waals surface area contributed by atoms with Gasteiger partial charge in [0.15, 0.2) is 23.1 Å². The van der Waals surface area contributed by atoms with E-state index in [1.165, 1.54) is 0 Å². The van der Waals surface area contributed by atoms with Gasteiger partial charge in [-0.15, -0.1) is 0 Å². The third-order valence-corrected chi connectivity index (χ3v) is 6.62. The molecule has 0 spiro atoms. The fraction of sp³-hybridized carbons (Fsp3) is 0.125. The zero-order valence-corrected chi connectivity index (χ0v) is 20.3. The molecule has 0 aromatic heterocycles. The summed E-state index contributed by atoms with van der Waals surface area (Å²) in [6, 6.07) is 26.5. The molecule has 0 aliphatic heterocycles. The Labute approximate surface area is 209 Å². The van der Waals surface area contributed by atoms with Gasteiger partial charge in [-0.3, -0.25) is 19.2 Å². The Morgan fingerprint density at radius 3 is 0.972 bits per heavy atom. The summed E-state index contributed by atoms with van der Waals surface area (Å²) in [4.78, 5) is 49.2. The van der Waals surface area contributed by atoms with Crippen LogP contribution in [0.2, 0.25) is 0 Å². The summed E-state index contributed by atoms with van der Waals surface area (Å²) in [5, 5.41) is 0. The third-order valence-electron chi connectivity index (χ3n) is 6.62. The number of carbonyl (C=O) groups excluding carboxylic acids is 4. The van der Waals surface area contributed by atoms with Gasteiger partial charge in [-0.1, -0.05) is 99.6 Å². The molecule has 0 heterocycles. The van der Waals surface area contributed by atoms with Crippen molar-refractivity contribution in [2.24, 2.45) is 0 Å². The van der Waals surface area contributed by atoms with Crippen molar-refractivity contribution >= 4 is 23.1 Å². The van der Waals surface area contributed by atoms with Gasteiger partial charge < -0.3 is 0 Å². The molecule has 4 aromatic rings. The van der Waals surface area contributed by atoms with E-state index in [2.05, 4.69) is 20.8 Å². The van der Waals surface area contributed by atoms with Crippen molar-refractivity contribution in [2.45, 2.75) is 26.2 Å². The minimum Gasteiger partial charge on any atom is -0.289 e. The van der Waals surface area contributed by atoms with Gasteiger partial charge in [0.25, 0.3) is 0 Å². The zero-order chi connectivity index (χ0) is 25.6. The number of hydrogen-bond acceptors (Lipinski definition) is 4. The first-order valence-electron chi connectivity index (χ1n) is 11.8. The van der Waals surface area contributed by atoms with E-state index in [9.17, 15) is 19.2 Å². The molecule has 4 heteroatoms. The first-order valence-corrected chi connectivity index (χ1v) is 11.8. The molecule has 0 unspecified atom stereocenters. The van der Waals surface area contributed by atoms with Gasteiger partial charge in [0.05, 0.1) is 0 Å². The van der Waals surface area contributed by atoms with Crippen molar-refractivity contribution in [3.05, 3.63) is 141 Å². The van der Waals surface area contributed by atoms with E-state index in [4.69, 9.17) is 0 Å². The maximum Gasteiger partial charge on any atom is 0.194 e. The van der Waals surface area contributed by atoms with E-state index in [1.807, 2.05) is 12.1 Å². The summed E-state index contributed by atoms with van der Waals surface area (Å²) in [6.45, 7) is 6.29. The molecule has 2 aliphatic rings. The molecule has 0 fully saturated rings. The second kappa shape index (κ2) is 8.65. The topological polar surface area (TPSA) is 68.3 Å². The molecule has 0 saturated carbocycles. The van der Waals surface area contributed by atoms with Crippen LogP contribution in [0.1, 0.15) is 90.0 Å². The number of hydrogen-bond donors (Lipinski definition) is 0. The van der Waals surface area contributed by atoms with Crippen molar-refractivity contribution in [1.29, 1.82) is 0 Å². The van der Waals surface area contributed by atoms with E-state index in [0.717, 1.165) is 5.56 Å². The number of carbonyl (C=O) groups is 4. The first-order chi connectivity index (χ1) is 17.2. The van der Waals surface area contributed by atoms with Crippen molar-refractivity contribution in [3.8, 4) is 0 Å². The smallest absolute Gasteiger partial charge is 0.194 e. The normalized spacial score (nSPS) is 13.6. The monoisotopic (exact) mass is 472 g/mol. The third kappa shape index (κ3) is 3.81. The van der Waals surface area contributed by atoms with Crippen LogP contribution in [0.3, 0.4) is 0 Å². The van der Waals surface area contributed by atoms with Gasteiger partial charge in [0, 0.05) is 44.5 Å². The number of rotatable bonds is 0. The molecule has 36 heavy (non-hydrogen) atoms. The number of ketones is 4. The van der Waals surface area contributed by atoms with Gasteiger partial charge in [-0.25, -0.2) is 0 Å². The van der Waals surface area contributed by atoms with E-state index in [0.29, 0.717) is 44.5 Å². The van der Waals surface area contributed by atoms with Crippen molar-refractivity contribution in [1.82, 2.24) is 0 Å². The Morgan fingerprint density at radius 1 is 0.389 bits per heavy atom. The van der Waals surface area contributed by atoms with Crippen LogP contribution in [0.25, 0.3) is 0 Å². The fourth-order valence-corrected chi connectivity index (χ4v) is 4.61. The Balaban J connectivity index is 0.000000152. The van der Waals surface area contributed by atoms with E-state index in [-0.39, 0.29) is 28.5 Å². The van der Waals surface area contributed by atoms with Crippen LogP contribution in [0.15, 0.2) is 91.0 Å². The van der Waals surface area contributed by atoms with Crippen LogP contribution >= 0.6 is 0 Å². The van der Waals surface area contributed by atoms with Crippen molar-refractivity contribution in [2.75, 3.05) is 0 Å². The minimum atomic E-state index is -0.0641. The highest BCUT2D eigenvalue weighted by molar-refractivity contribution is 6.29. The van der Waals surface area contributed by atoms with E-state index in [1.54, 1.807) is 78.9 Å². The van der Waals surface area contributed by atoms with E-state index >= 15 is 0 Å². The van der Waals surface area contributed by atoms with Gasteiger partial charge in [-0.2, -0.15) is 0 Å². The summed E-state index contributed by atoms with van der Waals surface area (Å²) < 4.78 is 0. The van der Waals surface area contributed by atoms with Gasteiger partial charge in [0.1, 0.15) is 0 Å². The molecule has 0 radical (unpaired) electrons. The maximum atomic E-state index is 12.6. The van der Waals surface area contributed by atoms with Crippen LogP contribution < -0.4 is 0 Å². The van der Waals surface area contributed by atoms with Crippen LogP contribution in [0.5, 0.6) is 0 Å². The molecule has 6 rings (SSSR count). The summed E-state index contributed by atoms with van der Waals surface area (Å²) in [5.41, 5.74) is 5.11. The highest BCUT2D eigenvalue weighted by Crippen LogP contribution is 2.31. The predicted molar refractivity (Wildman–Crippen MR) is 138 cm³/mol. The molecular weight excluding hydrogens is 448 g/mol. The lowest BCUT2D eigenvalue weighted by Gasteiger charge is -2.23. The summed E-state index contributed by atoms with van der Waals surface area (Å²) >= 11 is 0. The maximum absolute atomic E-state index is 12.6. The molecule has 4 aromatic carbocycles. The molecule has 0 amide bonds. The standard InChI is InChI=1S/C18H16O2.C14H8O2/c1-18(2,3)11-8-9-14-15(10-11)17(20)13-7-5-4-6-12(13)16(14)19;15-13-9-5-1-2-6-10(9)14(16)12-8-4-3-7-11(12)13/h4-10H,1-3H3;1-8H. The van der Waals surface area contributed by atoms with Crippen LogP contribution in [-0.2, 0) is 5.41 Å². The Bertz CT molecular complexity index is 1480. The molecule has 4 nitrogen and oxygen atoms in total. The van der Waals surface area contributed by atoms with Crippen LogP contribution in [0.4, 0.5) is 0 Å². The lowest BCUT2D eigenvalue weighted by molar-refractivity contribution is 0.0979. The van der Waals surface area contributed by atoms with Crippen LogP contribution in [-0.4, -0.2) is 23.1 Å². The lowest BCUT2D eigenvalue weighted by Crippen LogP contribution is -2.22. The molecule has 0 atom stereocenters. The van der Waals surface area contributed by atoms with Gasteiger partial charge >= 0.3 is 0 Å². The largest absolute Gasteiger partial charge is 0.289 e. The zero-order valence-electron chi connectivity index (χ0n) is 20.3. The molecular formula is C32H24O4. The first kappa shape index (κ1) is 23.3. The highest BCUT2D eigenvalue weighted by Gasteiger charge is 2.31. The second-order valence-corrected chi connectivity index (χ2v) is 9.96. The van der Waals surface area contributed by atoms with E-state index < -0.39 is 0 Å². The summed E-state index contributed by atoms with van der Waals surface area (Å²) in [6.07, 6.45) is 0. The number of benzene rings is 4. The average Bonchev–Trinajstić information content (AvgIpc) is 2.90.